The molecule has 0 spiro atoms. The van der Waals surface area contributed by atoms with Crippen molar-refractivity contribution in [2.45, 2.75) is 71.6 Å². The van der Waals surface area contributed by atoms with Gasteiger partial charge in [-0.25, -0.2) is 0 Å². The lowest BCUT2D eigenvalue weighted by atomic mass is 9.99. The molecule has 0 fully saturated rings. The van der Waals surface area contributed by atoms with Gasteiger partial charge in [0, 0.05) is 13.5 Å². The van der Waals surface area contributed by atoms with E-state index >= 15 is 0 Å². The summed E-state index contributed by atoms with van der Waals surface area (Å²) in [4.78, 5) is 35.7. The van der Waals surface area contributed by atoms with Crippen molar-refractivity contribution in [3.05, 3.63) is 0 Å². The van der Waals surface area contributed by atoms with Crippen LogP contribution in [0.1, 0.15) is 71.6 Å². The van der Waals surface area contributed by atoms with Crippen LogP contribution in [-0.2, 0) is 28.6 Å². The van der Waals surface area contributed by atoms with Crippen molar-refractivity contribution in [1.29, 1.82) is 0 Å². The highest BCUT2D eigenvalue weighted by atomic mass is 16.5. The molecule has 0 aliphatic heterocycles. The third-order valence-electron chi connectivity index (χ3n) is 3.74. The van der Waals surface area contributed by atoms with E-state index in [-0.39, 0.29) is 31.8 Å². The number of carbonyl (C=O) groups excluding carboxylic acids is 3. The number of methoxy groups -OCH3 is 1. The van der Waals surface area contributed by atoms with E-state index < -0.39 is 17.9 Å². The fourth-order valence-corrected chi connectivity index (χ4v) is 2.38. The van der Waals surface area contributed by atoms with Gasteiger partial charge in [0.1, 0.15) is 6.61 Å². The molecule has 0 amide bonds. The first-order valence-electron chi connectivity index (χ1n) is 9.37. The molecule has 1 atom stereocenters. The van der Waals surface area contributed by atoms with E-state index in [0.717, 1.165) is 19.3 Å². The molecule has 0 aliphatic carbocycles. The van der Waals surface area contributed by atoms with Crippen LogP contribution >= 0.6 is 0 Å². The molecule has 0 radical (unpaired) electrons. The van der Waals surface area contributed by atoms with Gasteiger partial charge in [0.2, 0.25) is 0 Å². The molecule has 1 unspecified atom stereocenters. The molecule has 0 bridgehead atoms. The molecule has 6 nitrogen and oxygen atoms in total. The number of hydrogen-bond donors (Lipinski definition) is 0. The Morgan fingerprint density at radius 1 is 0.800 bits per heavy atom. The second kappa shape index (κ2) is 16.1. The van der Waals surface area contributed by atoms with Crippen LogP contribution in [-0.4, -0.2) is 44.7 Å². The van der Waals surface area contributed by atoms with E-state index in [1.807, 2.05) is 6.92 Å². The summed E-state index contributed by atoms with van der Waals surface area (Å²) in [5.41, 5.74) is 0. The van der Waals surface area contributed by atoms with Gasteiger partial charge in [-0.05, 0) is 12.8 Å². The van der Waals surface area contributed by atoms with Crippen LogP contribution in [0.4, 0.5) is 0 Å². The lowest BCUT2D eigenvalue weighted by Gasteiger charge is -2.14. The largest absolute Gasteiger partial charge is 0.466 e. The van der Waals surface area contributed by atoms with Crippen LogP contribution < -0.4 is 0 Å². The molecule has 0 saturated heterocycles. The van der Waals surface area contributed by atoms with Crippen molar-refractivity contribution >= 4 is 17.7 Å². The summed E-state index contributed by atoms with van der Waals surface area (Å²) in [6.07, 6.45) is 7.12. The van der Waals surface area contributed by atoms with E-state index in [4.69, 9.17) is 14.2 Å². The predicted molar refractivity (Wildman–Crippen MR) is 95.2 cm³/mol. The number of rotatable bonds is 16. The third-order valence-corrected chi connectivity index (χ3v) is 3.74. The molecule has 0 rings (SSSR count). The standard InChI is InChI=1S/C19H34O6/c1-4-6-7-8-9-10-12-24-18(21)14-16(13-17(20)15-23-3)19(22)25-11-5-2/h16H,4-15H2,1-3H3. The molecule has 0 aromatic rings. The van der Waals surface area contributed by atoms with Crippen LogP contribution in [0.3, 0.4) is 0 Å². The number of esters is 2. The van der Waals surface area contributed by atoms with E-state index in [1.54, 1.807) is 0 Å². The van der Waals surface area contributed by atoms with Crippen LogP contribution in [0.15, 0.2) is 0 Å². The van der Waals surface area contributed by atoms with Crippen molar-refractivity contribution in [3.8, 4) is 0 Å². The lowest BCUT2D eigenvalue weighted by Crippen LogP contribution is -2.26. The van der Waals surface area contributed by atoms with Crippen molar-refractivity contribution in [3.63, 3.8) is 0 Å². The highest BCUT2D eigenvalue weighted by molar-refractivity contribution is 5.87. The highest BCUT2D eigenvalue weighted by Crippen LogP contribution is 2.14. The summed E-state index contributed by atoms with van der Waals surface area (Å²) in [7, 11) is 1.41. The summed E-state index contributed by atoms with van der Waals surface area (Å²) in [5, 5.41) is 0. The molecular weight excluding hydrogens is 324 g/mol. The zero-order valence-corrected chi connectivity index (χ0v) is 16.0. The van der Waals surface area contributed by atoms with Gasteiger partial charge in [0.15, 0.2) is 5.78 Å². The normalized spacial score (nSPS) is 11.8. The maximum atomic E-state index is 12.0. The Bertz CT molecular complexity index is 380. The lowest BCUT2D eigenvalue weighted by molar-refractivity contribution is -0.156. The van der Waals surface area contributed by atoms with Gasteiger partial charge in [0.25, 0.3) is 0 Å². The molecule has 0 N–H and O–H groups in total. The Balaban J connectivity index is 4.21. The predicted octanol–water partition coefficient (Wildman–Crippen LogP) is 3.46. The summed E-state index contributed by atoms with van der Waals surface area (Å²) >= 11 is 0. The Kier molecular flexibility index (Phi) is 15.1. The monoisotopic (exact) mass is 358 g/mol. The molecule has 0 aliphatic rings. The Labute approximate surface area is 151 Å². The molecule has 0 heterocycles. The maximum Gasteiger partial charge on any atom is 0.309 e. The van der Waals surface area contributed by atoms with E-state index in [0.29, 0.717) is 13.0 Å². The average Bonchev–Trinajstić information content (AvgIpc) is 2.58. The highest BCUT2D eigenvalue weighted by Gasteiger charge is 2.26. The van der Waals surface area contributed by atoms with Gasteiger partial charge < -0.3 is 14.2 Å². The summed E-state index contributed by atoms with van der Waals surface area (Å²) < 4.78 is 15.0. The van der Waals surface area contributed by atoms with Gasteiger partial charge in [-0.3, -0.25) is 14.4 Å². The first kappa shape index (κ1) is 23.6. The zero-order valence-electron chi connectivity index (χ0n) is 16.0. The first-order chi connectivity index (χ1) is 12.0. The number of hydrogen-bond acceptors (Lipinski definition) is 6. The molecule has 0 saturated carbocycles. The Morgan fingerprint density at radius 2 is 1.48 bits per heavy atom. The average molecular weight is 358 g/mol. The van der Waals surface area contributed by atoms with Crippen molar-refractivity contribution < 1.29 is 28.6 Å². The summed E-state index contributed by atoms with van der Waals surface area (Å²) in [6, 6.07) is 0. The van der Waals surface area contributed by atoms with E-state index in [2.05, 4.69) is 6.92 Å². The van der Waals surface area contributed by atoms with Crippen molar-refractivity contribution in [1.82, 2.24) is 0 Å². The van der Waals surface area contributed by atoms with Crippen molar-refractivity contribution in [2.75, 3.05) is 26.9 Å². The zero-order chi connectivity index (χ0) is 18.9. The van der Waals surface area contributed by atoms with Gasteiger partial charge >= 0.3 is 11.9 Å². The number of Topliss-reactive ketones (excluding diaryl/α,β-unsaturated/α-hetero) is 1. The number of carbonyl (C=O) groups is 3. The number of ketones is 1. The minimum Gasteiger partial charge on any atom is -0.466 e. The Morgan fingerprint density at radius 3 is 2.12 bits per heavy atom. The van der Waals surface area contributed by atoms with E-state index in [1.165, 1.54) is 26.4 Å². The second-order valence-electron chi connectivity index (χ2n) is 6.23. The molecule has 6 heteroatoms. The fourth-order valence-electron chi connectivity index (χ4n) is 2.38. The quantitative estimate of drug-likeness (QED) is 0.310. The number of unbranched alkanes of at least 4 members (excludes halogenated alkanes) is 5. The minimum atomic E-state index is -0.800. The van der Waals surface area contributed by atoms with Crippen molar-refractivity contribution in [2.24, 2.45) is 5.92 Å². The molecule has 25 heavy (non-hydrogen) atoms. The van der Waals surface area contributed by atoms with Crippen LogP contribution in [0.2, 0.25) is 0 Å². The molecule has 146 valence electrons. The van der Waals surface area contributed by atoms with Gasteiger partial charge in [-0.2, -0.15) is 0 Å². The summed E-state index contributed by atoms with van der Waals surface area (Å²) in [5.74, 6) is -2.02. The maximum absolute atomic E-state index is 12.0. The number of ether oxygens (including phenoxy) is 3. The topological polar surface area (TPSA) is 78.9 Å². The van der Waals surface area contributed by atoms with Gasteiger partial charge in [0.05, 0.1) is 25.6 Å². The molecule has 0 aromatic carbocycles. The van der Waals surface area contributed by atoms with E-state index in [9.17, 15) is 14.4 Å². The molecular formula is C19H34O6. The van der Waals surface area contributed by atoms with Crippen LogP contribution in [0, 0.1) is 5.92 Å². The van der Waals surface area contributed by atoms with Crippen LogP contribution in [0.25, 0.3) is 0 Å². The van der Waals surface area contributed by atoms with Gasteiger partial charge in [-0.1, -0.05) is 46.0 Å². The van der Waals surface area contributed by atoms with Gasteiger partial charge in [-0.15, -0.1) is 0 Å². The van der Waals surface area contributed by atoms with Crippen LogP contribution in [0.5, 0.6) is 0 Å². The fraction of sp³-hybridized carbons (Fsp3) is 0.842. The minimum absolute atomic E-state index is 0.0670. The summed E-state index contributed by atoms with van der Waals surface area (Å²) in [6.45, 7) is 4.60. The first-order valence-corrected chi connectivity index (χ1v) is 9.37. The Hall–Kier alpha value is -1.43. The SMILES string of the molecule is CCCCCCCCOC(=O)CC(CC(=O)COC)C(=O)OCCC. The molecule has 0 aromatic heterocycles. The second-order valence-corrected chi connectivity index (χ2v) is 6.23. The third kappa shape index (κ3) is 13.5. The smallest absolute Gasteiger partial charge is 0.309 e.